The molecule has 1 saturated carbocycles. The van der Waals surface area contributed by atoms with Crippen LogP contribution in [0.3, 0.4) is 0 Å². The number of aliphatic hydroxyl groups is 1. The first kappa shape index (κ1) is 14.8. The third kappa shape index (κ3) is 4.18. The van der Waals surface area contributed by atoms with Crippen molar-refractivity contribution in [1.82, 2.24) is 4.90 Å². The van der Waals surface area contributed by atoms with E-state index in [0.717, 1.165) is 24.7 Å². The molecule has 1 fully saturated rings. The Labute approximate surface area is 134 Å². The minimum Gasteiger partial charge on any atom is -0.395 e. The lowest BCUT2D eigenvalue weighted by molar-refractivity contribution is 0.248. The topological polar surface area (TPSA) is 23.5 Å². The van der Waals surface area contributed by atoms with E-state index in [9.17, 15) is 0 Å². The Kier molecular flexibility index (Phi) is 5.10. The van der Waals surface area contributed by atoms with Gasteiger partial charge < -0.3 is 5.11 Å². The molecule has 3 rings (SSSR count). The number of hydrogen-bond donors (Lipinski definition) is 1. The Balaban J connectivity index is 1.69. The summed E-state index contributed by atoms with van der Waals surface area (Å²) in [5, 5.41) is 15.3. The minimum absolute atomic E-state index is 0.138. The van der Waals surface area contributed by atoms with Gasteiger partial charge in [-0.15, -0.1) is 11.3 Å². The van der Waals surface area contributed by atoms with Gasteiger partial charge in [-0.25, -0.2) is 0 Å². The van der Waals surface area contributed by atoms with Crippen LogP contribution in [-0.2, 0) is 13.1 Å². The van der Waals surface area contributed by atoms with Gasteiger partial charge in [0.2, 0.25) is 0 Å². The van der Waals surface area contributed by atoms with E-state index in [4.69, 9.17) is 5.11 Å². The first-order chi connectivity index (χ1) is 10.4. The quantitative estimate of drug-likeness (QED) is 0.821. The fourth-order valence-corrected chi connectivity index (χ4v) is 3.86. The molecule has 0 atom stereocenters. The van der Waals surface area contributed by atoms with E-state index in [1.54, 1.807) is 22.7 Å². The molecular formula is C17H19NOS2. The van der Waals surface area contributed by atoms with Crippen LogP contribution in [0.15, 0.2) is 28.3 Å². The molecule has 0 saturated heterocycles. The van der Waals surface area contributed by atoms with E-state index in [-0.39, 0.29) is 6.61 Å². The lowest BCUT2D eigenvalue weighted by atomic mass is 10.2. The highest BCUT2D eigenvalue weighted by molar-refractivity contribution is 7.10. The van der Waals surface area contributed by atoms with Crippen molar-refractivity contribution < 1.29 is 5.11 Å². The second kappa shape index (κ2) is 7.24. The first-order valence-corrected chi connectivity index (χ1v) is 9.10. The Morgan fingerprint density at radius 2 is 2.14 bits per heavy atom. The largest absolute Gasteiger partial charge is 0.395 e. The van der Waals surface area contributed by atoms with Gasteiger partial charge in [0.1, 0.15) is 0 Å². The standard InChI is InChI=1S/C17H19NOS2/c19-8-2-1-3-15-7-10-21-17(15)12-18(16-4-5-16)11-14-6-9-20-13-14/h6-7,9-10,13,16,19H,2,4-5,8,11-12H2. The van der Waals surface area contributed by atoms with Crippen LogP contribution in [0, 0.1) is 11.8 Å². The molecule has 110 valence electrons. The Bertz CT molecular complexity index is 617. The van der Waals surface area contributed by atoms with Crippen LogP contribution in [0.1, 0.15) is 35.3 Å². The van der Waals surface area contributed by atoms with E-state index in [0.29, 0.717) is 6.42 Å². The molecule has 0 unspecified atom stereocenters. The highest BCUT2D eigenvalue weighted by Crippen LogP contribution is 2.31. The fraction of sp³-hybridized carbons (Fsp3) is 0.412. The molecule has 0 aromatic carbocycles. The maximum atomic E-state index is 8.83. The predicted molar refractivity (Wildman–Crippen MR) is 89.5 cm³/mol. The summed E-state index contributed by atoms with van der Waals surface area (Å²) >= 11 is 3.56. The van der Waals surface area contributed by atoms with E-state index in [1.807, 2.05) is 0 Å². The molecule has 2 aromatic heterocycles. The highest BCUT2D eigenvalue weighted by Gasteiger charge is 2.29. The van der Waals surface area contributed by atoms with Crippen molar-refractivity contribution in [2.75, 3.05) is 6.61 Å². The second-order valence-electron chi connectivity index (χ2n) is 5.30. The average Bonchev–Trinajstić information content (AvgIpc) is 3.04. The lowest BCUT2D eigenvalue weighted by Gasteiger charge is -2.21. The fourth-order valence-electron chi connectivity index (χ4n) is 2.34. The van der Waals surface area contributed by atoms with Crippen molar-refractivity contribution in [2.24, 2.45) is 0 Å². The number of rotatable bonds is 6. The number of nitrogens with zero attached hydrogens (tertiary/aromatic N) is 1. The summed E-state index contributed by atoms with van der Waals surface area (Å²) in [7, 11) is 0. The van der Waals surface area contributed by atoms with Crippen molar-refractivity contribution in [1.29, 1.82) is 0 Å². The summed E-state index contributed by atoms with van der Waals surface area (Å²) < 4.78 is 0. The minimum atomic E-state index is 0.138. The van der Waals surface area contributed by atoms with E-state index in [2.05, 4.69) is 45.0 Å². The van der Waals surface area contributed by atoms with Crippen molar-refractivity contribution in [3.8, 4) is 11.8 Å². The molecule has 1 aliphatic carbocycles. The Morgan fingerprint density at radius 1 is 1.24 bits per heavy atom. The molecule has 2 aromatic rings. The molecule has 0 aliphatic heterocycles. The van der Waals surface area contributed by atoms with Crippen LogP contribution < -0.4 is 0 Å². The number of hydrogen-bond acceptors (Lipinski definition) is 4. The van der Waals surface area contributed by atoms with Gasteiger partial charge in [-0.3, -0.25) is 4.90 Å². The second-order valence-corrected chi connectivity index (χ2v) is 7.08. The maximum Gasteiger partial charge on any atom is 0.0540 e. The Hall–Kier alpha value is -1.12. The predicted octanol–water partition coefficient (Wildman–Crippen LogP) is 3.71. The van der Waals surface area contributed by atoms with Crippen LogP contribution in [0.2, 0.25) is 0 Å². The SMILES string of the molecule is OCCC#Cc1ccsc1CN(Cc1ccsc1)C1CC1. The van der Waals surface area contributed by atoms with Crippen molar-refractivity contribution >= 4 is 22.7 Å². The molecule has 1 N–H and O–H groups in total. The van der Waals surface area contributed by atoms with Crippen LogP contribution in [0.25, 0.3) is 0 Å². The number of aliphatic hydroxyl groups excluding tert-OH is 1. The van der Waals surface area contributed by atoms with E-state index < -0.39 is 0 Å². The third-order valence-corrected chi connectivity index (χ3v) is 5.22. The smallest absolute Gasteiger partial charge is 0.0540 e. The zero-order valence-electron chi connectivity index (χ0n) is 11.9. The molecule has 0 bridgehead atoms. The van der Waals surface area contributed by atoms with Gasteiger partial charge >= 0.3 is 0 Å². The molecule has 1 aliphatic rings. The van der Waals surface area contributed by atoms with E-state index in [1.165, 1.54) is 23.3 Å². The monoisotopic (exact) mass is 317 g/mol. The summed E-state index contributed by atoms with van der Waals surface area (Å²) in [6.45, 7) is 2.16. The maximum absolute atomic E-state index is 8.83. The highest BCUT2D eigenvalue weighted by atomic mass is 32.1. The zero-order valence-corrected chi connectivity index (χ0v) is 13.6. The number of thiophene rings is 2. The van der Waals surface area contributed by atoms with Gasteiger partial charge in [-0.1, -0.05) is 11.8 Å². The molecule has 21 heavy (non-hydrogen) atoms. The molecule has 2 nitrogen and oxygen atoms in total. The van der Waals surface area contributed by atoms with Gasteiger partial charge in [0.05, 0.1) is 6.61 Å². The van der Waals surface area contributed by atoms with Crippen molar-refractivity contribution in [3.63, 3.8) is 0 Å². The molecule has 0 amide bonds. The zero-order chi connectivity index (χ0) is 14.5. The summed E-state index contributed by atoms with van der Waals surface area (Å²) in [6.07, 6.45) is 3.19. The van der Waals surface area contributed by atoms with Gasteiger partial charge in [0.25, 0.3) is 0 Å². The molecule has 2 heterocycles. The molecular weight excluding hydrogens is 298 g/mol. The lowest BCUT2D eigenvalue weighted by Crippen LogP contribution is -2.24. The summed E-state index contributed by atoms with van der Waals surface area (Å²) in [5.74, 6) is 6.22. The molecule has 4 heteroatoms. The van der Waals surface area contributed by atoms with Gasteiger partial charge in [0.15, 0.2) is 0 Å². The van der Waals surface area contributed by atoms with Gasteiger partial charge in [-0.2, -0.15) is 11.3 Å². The molecule has 0 radical (unpaired) electrons. The van der Waals surface area contributed by atoms with Crippen LogP contribution in [0.5, 0.6) is 0 Å². The third-order valence-electron chi connectivity index (χ3n) is 3.58. The van der Waals surface area contributed by atoms with Crippen molar-refractivity contribution in [2.45, 2.75) is 38.4 Å². The van der Waals surface area contributed by atoms with Gasteiger partial charge in [-0.05, 0) is 46.7 Å². The van der Waals surface area contributed by atoms with Crippen LogP contribution >= 0.6 is 22.7 Å². The summed E-state index contributed by atoms with van der Waals surface area (Å²) in [5.41, 5.74) is 2.54. The first-order valence-electron chi connectivity index (χ1n) is 7.28. The summed E-state index contributed by atoms with van der Waals surface area (Å²) in [4.78, 5) is 3.92. The van der Waals surface area contributed by atoms with Gasteiger partial charge in [0, 0.05) is 36.0 Å². The van der Waals surface area contributed by atoms with Crippen molar-refractivity contribution in [3.05, 3.63) is 44.3 Å². The van der Waals surface area contributed by atoms with Crippen LogP contribution in [-0.4, -0.2) is 22.7 Å². The normalized spacial score (nSPS) is 14.2. The Morgan fingerprint density at radius 3 is 2.86 bits per heavy atom. The molecule has 0 spiro atoms. The van der Waals surface area contributed by atoms with E-state index >= 15 is 0 Å². The summed E-state index contributed by atoms with van der Waals surface area (Å²) in [6, 6.07) is 5.06. The average molecular weight is 317 g/mol. The van der Waals surface area contributed by atoms with Crippen LogP contribution in [0.4, 0.5) is 0 Å².